The van der Waals surface area contributed by atoms with Gasteiger partial charge in [0.1, 0.15) is 12.0 Å². The zero-order valence-corrected chi connectivity index (χ0v) is 11.3. The third-order valence-corrected chi connectivity index (χ3v) is 3.23. The molecule has 2 aromatic rings. The molecule has 0 bridgehead atoms. The third-order valence-electron chi connectivity index (χ3n) is 2.93. The lowest BCUT2D eigenvalue weighted by Gasteiger charge is -2.08. The molecule has 96 valence electrons. The van der Waals surface area contributed by atoms with E-state index in [2.05, 4.69) is 20.4 Å². The summed E-state index contributed by atoms with van der Waals surface area (Å²) in [6.07, 6.45) is 1.38. The van der Waals surface area contributed by atoms with Crippen LogP contribution in [0, 0.1) is 13.8 Å². The van der Waals surface area contributed by atoms with E-state index in [0.29, 0.717) is 18.1 Å². The minimum atomic E-state index is 0.257. The molecule has 0 spiro atoms. The molecule has 2 heterocycles. The van der Waals surface area contributed by atoms with Gasteiger partial charge >= 0.3 is 0 Å². The maximum Gasteiger partial charge on any atom is 0.157 e. The second kappa shape index (κ2) is 4.81. The minimum Gasteiger partial charge on any atom is -0.393 e. The number of halogens is 1. The van der Waals surface area contributed by atoms with E-state index in [1.165, 1.54) is 6.33 Å². The summed E-state index contributed by atoms with van der Waals surface area (Å²) in [5.41, 5.74) is 9.38. The second-order valence-electron chi connectivity index (χ2n) is 4.05. The lowest BCUT2D eigenvalue weighted by molar-refractivity contribution is 0.730. The minimum absolute atomic E-state index is 0.257. The quantitative estimate of drug-likeness (QED) is 0.826. The van der Waals surface area contributed by atoms with Gasteiger partial charge in [-0.2, -0.15) is 5.10 Å². The van der Waals surface area contributed by atoms with Crippen molar-refractivity contribution in [2.24, 2.45) is 7.05 Å². The largest absolute Gasteiger partial charge is 0.393 e. The molecule has 0 aromatic carbocycles. The van der Waals surface area contributed by atoms with Crippen LogP contribution in [-0.2, 0) is 13.6 Å². The summed E-state index contributed by atoms with van der Waals surface area (Å²) >= 11 is 5.83. The molecule has 2 rings (SSSR count). The summed E-state index contributed by atoms with van der Waals surface area (Å²) in [4.78, 5) is 7.87. The van der Waals surface area contributed by atoms with Crippen LogP contribution in [0.25, 0.3) is 0 Å². The molecule has 0 aliphatic heterocycles. The number of aromatic nitrogens is 4. The number of nitrogens with two attached hydrogens (primary N) is 1. The van der Waals surface area contributed by atoms with E-state index < -0.39 is 0 Å². The number of hydrogen-bond acceptors (Lipinski definition) is 5. The highest BCUT2D eigenvalue weighted by Crippen LogP contribution is 2.23. The average Bonchev–Trinajstić information content (AvgIpc) is 2.56. The van der Waals surface area contributed by atoms with Gasteiger partial charge in [0.2, 0.25) is 0 Å². The molecule has 0 fully saturated rings. The van der Waals surface area contributed by atoms with Gasteiger partial charge in [0.15, 0.2) is 11.0 Å². The summed E-state index contributed by atoms with van der Waals surface area (Å²) in [7, 11) is 1.92. The van der Waals surface area contributed by atoms with Gasteiger partial charge in [-0.15, -0.1) is 0 Å². The fraction of sp³-hybridized carbons (Fsp3) is 0.364. The van der Waals surface area contributed by atoms with E-state index in [0.717, 1.165) is 17.0 Å². The Hall–Kier alpha value is -1.82. The first kappa shape index (κ1) is 12.6. The molecule has 0 radical (unpaired) electrons. The van der Waals surface area contributed by atoms with Crippen LogP contribution >= 0.6 is 11.6 Å². The molecule has 7 heteroatoms. The smallest absolute Gasteiger partial charge is 0.157 e. The van der Waals surface area contributed by atoms with Crippen LogP contribution < -0.4 is 11.1 Å². The third kappa shape index (κ3) is 2.24. The topological polar surface area (TPSA) is 81.7 Å². The number of aryl methyl sites for hydroxylation is 2. The first-order chi connectivity index (χ1) is 8.50. The van der Waals surface area contributed by atoms with Crippen molar-refractivity contribution in [1.82, 2.24) is 19.7 Å². The van der Waals surface area contributed by atoms with Crippen LogP contribution in [-0.4, -0.2) is 19.7 Å². The molecular formula is C11H15ClN6. The molecule has 0 aliphatic carbocycles. The number of rotatable bonds is 3. The van der Waals surface area contributed by atoms with E-state index in [9.17, 15) is 0 Å². The lowest BCUT2D eigenvalue weighted by atomic mass is 10.2. The molecule has 0 unspecified atom stereocenters. The Morgan fingerprint density at radius 3 is 2.72 bits per heavy atom. The van der Waals surface area contributed by atoms with Crippen molar-refractivity contribution in [3.05, 3.63) is 28.4 Å². The zero-order valence-electron chi connectivity index (χ0n) is 10.5. The van der Waals surface area contributed by atoms with Crippen molar-refractivity contribution < 1.29 is 0 Å². The molecule has 0 aliphatic rings. The second-order valence-corrected chi connectivity index (χ2v) is 4.41. The molecule has 0 saturated carbocycles. The predicted molar refractivity (Wildman–Crippen MR) is 71.5 cm³/mol. The van der Waals surface area contributed by atoms with E-state index in [4.69, 9.17) is 17.3 Å². The average molecular weight is 267 g/mol. The van der Waals surface area contributed by atoms with Crippen molar-refractivity contribution >= 4 is 23.1 Å². The van der Waals surface area contributed by atoms with E-state index in [1.54, 1.807) is 0 Å². The van der Waals surface area contributed by atoms with Gasteiger partial charge in [0.05, 0.1) is 5.69 Å². The van der Waals surface area contributed by atoms with Crippen molar-refractivity contribution in [2.75, 3.05) is 11.1 Å². The molecule has 0 amide bonds. The van der Waals surface area contributed by atoms with Crippen molar-refractivity contribution in [1.29, 1.82) is 0 Å². The summed E-state index contributed by atoms with van der Waals surface area (Å²) in [5, 5.41) is 7.76. The highest BCUT2D eigenvalue weighted by molar-refractivity contribution is 6.32. The molecule has 6 nitrogen and oxygen atoms in total. The Balaban J connectivity index is 2.19. The SMILES string of the molecule is Cc1nn(C)c(C)c1CNc1ncnc(Cl)c1N. The Morgan fingerprint density at radius 1 is 1.39 bits per heavy atom. The monoisotopic (exact) mass is 266 g/mol. The number of anilines is 2. The number of nitrogens with one attached hydrogen (secondary N) is 1. The Labute approximate surface area is 110 Å². The van der Waals surface area contributed by atoms with Crippen molar-refractivity contribution in [3.8, 4) is 0 Å². The lowest BCUT2D eigenvalue weighted by Crippen LogP contribution is -2.07. The van der Waals surface area contributed by atoms with Gasteiger partial charge in [0, 0.05) is 24.8 Å². The normalized spacial score (nSPS) is 10.7. The van der Waals surface area contributed by atoms with E-state index in [-0.39, 0.29) is 5.15 Å². The van der Waals surface area contributed by atoms with Crippen LogP contribution in [0.4, 0.5) is 11.5 Å². The Bertz CT molecular complexity index is 577. The number of nitrogen functional groups attached to an aromatic ring is 1. The highest BCUT2D eigenvalue weighted by Gasteiger charge is 2.11. The fourth-order valence-electron chi connectivity index (χ4n) is 1.76. The molecular weight excluding hydrogens is 252 g/mol. The maximum atomic E-state index is 5.83. The van der Waals surface area contributed by atoms with Crippen molar-refractivity contribution in [2.45, 2.75) is 20.4 Å². The van der Waals surface area contributed by atoms with E-state index in [1.807, 2.05) is 25.6 Å². The molecule has 18 heavy (non-hydrogen) atoms. The molecule has 0 saturated heterocycles. The summed E-state index contributed by atoms with van der Waals surface area (Å²) in [6, 6.07) is 0. The van der Waals surface area contributed by atoms with Gasteiger partial charge in [-0.3, -0.25) is 4.68 Å². The van der Waals surface area contributed by atoms with Crippen LogP contribution in [0.15, 0.2) is 6.33 Å². The molecule has 3 N–H and O–H groups in total. The fourth-order valence-corrected chi connectivity index (χ4v) is 1.89. The van der Waals surface area contributed by atoms with Gasteiger partial charge in [0.25, 0.3) is 0 Å². The van der Waals surface area contributed by atoms with Gasteiger partial charge in [-0.25, -0.2) is 9.97 Å². The Morgan fingerprint density at radius 2 is 2.11 bits per heavy atom. The summed E-state index contributed by atoms with van der Waals surface area (Å²) in [6.45, 7) is 4.59. The van der Waals surface area contributed by atoms with Crippen LogP contribution in [0.3, 0.4) is 0 Å². The first-order valence-electron chi connectivity index (χ1n) is 5.49. The van der Waals surface area contributed by atoms with Gasteiger partial charge in [-0.05, 0) is 13.8 Å². The summed E-state index contributed by atoms with van der Waals surface area (Å²) < 4.78 is 1.85. The van der Waals surface area contributed by atoms with Crippen LogP contribution in [0.5, 0.6) is 0 Å². The molecule has 2 aromatic heterocycles. The van der Waals surface area contributed by atoms with E-state index >= 15 is 0 Å². The maximum absolute atomic E-state index is 5.83. The van der Waals surface area contributed by atoms with Gasteiger partial charge < -0.3 is 11.1 Å². The molecule has 0 atom stereocenters. The number of hydrogen-bond donors (Lipinski definition) is 2. The van der Waals surface area contributed by atoms with Gasteiger partial charge in [-0.1, -0.05) is 11.6 Å². The standard InChI is InChI=1S/C11H15ClN6/c1-6-8(7(2)18(3)17-6)4-14-11-9(13)10(12)15-5-16-11/h5H,4,13H2,1-3H3,(H,14,15,16). The van der Waals surface area contributed by atoms with Crippen LogP contribution in [0.1, 0.15) is 17.0 Å². The first-order valence-corrected chi connectivity index (χ1v) is 5.87. The highest BCUT2D eigenvalue weighted by atomic mass is 35.5. The number of nitrogens with zero attached hydrogens (tertiary/aromatic N) is 4. The zero-order chi connectivity index (χ0) is 13.3. The Kier molecular flexibility index (Phi) is 3.38. The summed E-state index contributed by atoms with van der Waals surface area (Å²) in [5.74, 6) is 0.539. The van der Waals surface area contributed by atoms with Crippen molar-refractivity contribution in [3.63, 3.8) is 0 Å². The predicted octanol–water partition coefficient (Wildman–Crippen LogP) is 1.67. The van der Waals surface area contributed by atoms with Crippen LogP contribution in [0.2, 0.25) is 5.15 Å².